The SMILES string of the molecule is Cc1nn(C)c(CC2(C(=O)O)CCCN(C(=O)OC(C)(C)C)C2)c1Cl. The standard InChI is InChI=1S/C17H26ClN3O4/c1-11-13(18)12(20(5)19-11)9-17(14(22)23)7-6-8-21(10-17)15(24)25-16(2,3)4/h6-10H2,1-5H3,(H,22,23). The van der Waals surface area contributed by atoms with Crippen LogP contribution < -0.4 is 0 Å². The lowest BCUT2D eigenvalue weighted by molar-refractivity contribution is -0.152. The molecule has 0 aliphatic carbocycles. The molecule has 0 bridgehead atoms. The number of aromatic nitrogens is 2. The van der Waals surface area contributed by atoms with Crippen molar-refractivity contribution in [2.24, 2.45) is 12.5 Å². The lowest BCUT2D eigenvalue weighted by Gasteiger charge is -2.40. The van der Waals surface area contributed by atoms with Gasteiger partial charge in [-0.1, -0.05) is 11.6 Å². The maximum Gasteiger partial charge on any atom is 0.410 e. The van der Waals surface area contributed by atoms with E-state index in [9.17, 15) is 14.7 Å². The number of hydrogen-bond donors (Lipinski definition) is 1. The van der Waals surface area contributed by atoms with Crippen molar-refractivity contribution >= 4 is 23.7 Å². The second kappa shape index (κ2) is 6.86. The molecule has 140 valence electrons. The van der Waals surface area contributed by atoms with E-state index < -0.39 is 23.1 Å². The molecule has 1 amide bonds. The summed E-state index contributed by atoms with van der Waals surface area (Å²) in [6.07, 6.45) is 0.810. The summed E-state index contributed by atoms with van der Waals surface area (Å²) < 4.78 is 7.02. The van der Waals surface area contributed by atoms with Crippen LogP contribution in [-0.2, 0) is 23.0 Å². The van der Waals surface area contributed by atoms with Crippen LogP contribution in [0.2, 0.25) is 5.02 Å². The fourth-order valence-electron chi connectivity index (χ4n) is 3.20. The van der Waals surface area contributed by atoms with Crippen molar-refractivity contribution in [2.75, 3.05) is 13.1 Å². The van der Waals surface area contributed by atoms with Gasteiger partial charge in [-0.25, -0.2) is 4.79 Å². The van der Waals surface area contributed by atoms with Crippen LogP contribution in [0.25, 0.3) is 0 Å². The maximum absolute atomic E-state index is 12.4. The molecule has 1 saturated heterocycles. The minimum absolute atomic E-state index is 0.0950. The van der Waals surface area contributed by atoms with Crippen LogP contribution in [0.15, 0.2) is 0 Å². The molecule has 1 aliphatic rings. The highest BCUT2D eigenvalue weighted by molar-refractivity contribution is 6.31. The van der Waals surface area contributed by atoms with E-state index in [1.807, 2.05) is 0 Å². The first-order valence-corrected chi connectivity index (χ1v) is 8.72. The molecule has 2 rings (SSSR count). The first-order valence-electron chi connectivity index (χ1n) is 8.34. The van der Waals surface area contributed by atoms with Crippen LogP contribution in [-0.4, -0.2) is 50.5 Å². The van der Waals surface area contributed by atoms with Crippen LogP contribution in [0.3, 0.4) is 0 Å². The first-order chi connectivity index (χ1) is 11.4. The molecule has 1 unspecified atom stereocenters. The Labute approximate surface area is 152 Å². The molecule has 0 saturated carbocycles. The highest BCUT2D eigenvalue weighted by Gasteiger charge is 2.45. The molecule has 0 radical (unpaired) electrons. The van der Waals surface area contributed by atoms with Crippen molar-refractivity contribution in [1.82, 2.24) is 14.7 Å². The minimum atomic E-state index is -1.10. The van der Waals surface area contributed by atoms with Crippen LogP contribution >= 0.6 is 11.6 Å². The largest absolute Gasteiger partial charge is 0.481 e. The minimum Gasteiger partial charge on any atom is -0.481 e. The third-order valence-corrected chi connectivity index (χ3v) is 4.94. The van der Waals surface area contributed by atoms with Gasteiger partial charge in [-0.05, 0) is 40.5 Å². The Morgan fingerprint density at radius 3 is 2.52 bits per heavy atom. The lowest BCUT2D eigenvalue weighted by Crippen LogP contribution is -2.52. The number of carbonyl (C=O) groups excluding carboxylic acids is 1. The Kier molecular flexibility index (Phi) is 5.37. The molecular weight excluding hydrogens is 346 g/mol. The Hall–Kier alpha value is -1.76. The Morgan fingerprint density at radius 2 is 2.04 bits per heavy atom. The van der Waals surface area contributed by atoms with Gasteiger partial charge in [0.15, 0.2) is 0 Å². The third kappa shape index (κ3) is 4.26. The molecular formula is C17H26ClN3O4. The molecule has 2 heterocycles. The van der Waals surface area contributed by atoms with Crippen molar-refractivity contribution in [3.63, 3.8) is 0 Å². The van der Waals surface area contributed by atoms with Crippen molar-refractivity contribution < 1.29 is 19.4 Å². The van der Waals surface area contributed by atoms with E-state index in [-0.39, 0.29) is 13.0 Å². The van der Waals surface area contributed by atoms with Crippen molar-refractivity contribution in [2.45, 2.75) is 52.6 Å². The molecule has 1 fully saturated rings. The van der Waals surface area contributed by atoms with E-state index >= 15 is 0 Å². The normalized spacial score (nSPS) is 21.3. The van der Waals surface area contributed by atoms with Gasteiger partial charge >= 0.3 is 12.1 Å². The number of piperidine rings is 1. The summed E-state index contributed by atoms with van der Waals surface area (Å²) in [5, 5.41) is 14.7. The number of nitrogens with zero attached hydrogens (tertiary/aromatic N) is 3. The summed E-state index contributed by atoms with van der Waals surface area (Å²) in [6, 6.07) is 0. The van der Waals surface area contributed by atoms with Gasteiger partial charge in [0.1, 0.15) is 5.60 Å². The average Bonchev–Trinajstić information content (AvgIpc) is 2.72. The molecule has 1 aromatic rings. The summed E-state index contributed by atoms with van der Waals surface area (Å²) in [5.41, 5.74) is -0.380. The third-order valence-electron chi connectivity index (χ3n) is 4.45. The molecule has 1 aromatic heterocycles. The molecule has 0 aromatic carbocycles. The molecule has 8 heteroatoms. The molecule has 1 N–H and O–H groups in total. The number of carboxylic acids is 1. The molecule has 25 heavy (non-hydrogen) atoms. The monoisotopic (exact) mass is 371 g/mol. The number of aliphatic carboxylic acids is 1. The predicted molar refractivity (Wildman–Crippen MR) is 93.8 cm³/mol. The van der Waals surface area contributed by atoms with Crippen molar-refractivity contribution in [3.8, 4) is 0 Å². The lowest BCUT2D eigenvalue weighted by atomic mass is 9.76. The van der Waals surface area contributed by atoms with E-state index in [1.54, 1.807) is 39.4 Å². The van der Waals surface area contributed by atoms with Crippen molar-refractivity contribution in [1.29, 1.82) is 0 Å². The van der Waals surface area contributed by atoms with Crippen LogP contribution in [0, 0.1) is 12.3 Å². The Balaban J connectivity index is 2.27. The number of halogens is 1. The van der Waals surface area contributed by atoms with E-state index in [0.29, 0.717) is 35.8 Å². The zero-order valence-corrected chi connectivity index (χ0v) is 16.2. The first kappa shape index (κ1) is 19.6. The molecule has 1 aliphatic heterocycles. The highest BCUT2D eigenvalue weighted by Crippen LogP contribution is 2.37. The quantitative estimate of drug-likeness (QED) is 0.882. The zero-order chi connectivity index (χ0) is 19.0. The molecule has 0 spiro atoms. The van der Waals surface area contributed by atoms with Gasteiger partial charge in [0.2, 0.25) is 0 Å². The number of hydrogen-bond acceptors (Lipinski definition) is 4. The van der Waals surface area contributed by atoms with Crippen LogP contribution in [0.4, 0.5) is 4.79 Å². The Morgan fingerprint density at radius 1 is 1.40 bits per heavy atom. The number of likely N-dealkylation sites (tertiary alicyclic amines) is 1. The van der Waals surface area contributed by atoms with E-state index in [0.717, 1.165) is 0 Å². The van der Waals surface area contributed by atoms with E-state index in [2.05, 4.69) is 5.10 Å². The predicted octanol–water partition coefficient (Wildman–Crippen LogP) is 3.03. The van der Waals surface area contributed by atoms with Gasteiger partial charge < -0.3 is 14.7 Å². The van der Waals surface area contributed by atoms with Crippen molar-refractivity contribution in [3.05, 3.63) is 16.4 Å². The van der Waals surface area contributed by atoms with Gasteiger partial charge in [-0.2, -0.15) is 5.10 Å². The second-order valence-electron chi connectivity index (χ2n) is 7.74. The zero-order valence-electron chi connectivity index (χ0n) is 15.4. The van der Waals surface area contributed by atoms with E-state index in [1.165, 1.54) is 4.90 Å². The summed E-state index contributed by atoms with van der Waals surface area (Å²) in [5.74, 6) is -0.935. The van der Waals surface area contributed by atoms with Gasteiger partial charge in [0.05, 0.1) is 21.8 Å². The summed E-state index contributed by atoms with van der Waals surface area (Å²) in [6.45, 7) is 7.74. The summed E-state index contributed by atoms with van der Waals surface area (Å²) in [7, 11) is 1.75. The van der Waals surface area contributed by atoms with Gasteiger partial charge in [0.25, 0.3) is 0 Å². The van der Waals surface area contributed by atoms with Gasteiger partial charge in [-0.3, -0.25) is 9.48 Å². The number of carboxylic acid groups (broad SMARTS) is 1. The number of carbonyl (C=O) groups is 2. The van der Waals surface area contributed by atoms with E-state index in [4.69, 9.17) is 16.3 Å². The highest BCUT2D eigenvalue weighted by atomic mass is 35.5. The molecule has 7 nitrogen and oxygen atoms in total. The number of aryl methyl sites for hydroxylation is 2. The summed E-state index contributed by atoms with van der Waals surface area (Å²) >= 11 is 6.30. The van der Waals surface area contributed by atoms with Gasteiger partial charge in [0, 0.05) is 26.6 Å². The topological polar surface area (TPSA) is 84.7 Å². The number of amides is 1. The second-order valence-corrected chi connectivity index (χ2v) is 8.12. The van der Waals surface area contributed by atoms with Crippen LogP contribution in [0.5, 0.6) is 0 Å². The average molecular weight is 372 g/mol. The molecule has 1 atom stereocenters. The summed E-state index contributed by atoms with van der Waals surface area (Å²) in [4.78, 5) is 26.0. The van der Waals surface area contributed by atoms with Crippen LogP contribution in [0.1, 0.15) is 45.0 Å². The number of ether oxygens (including phenoxy) is 1. The van der Waals surface area contributed by atoms with Gasteiger partial charge in [-0.15, -0.1) is 0 Å². The Bertz CT molecular complexity index is 680. The smallest absolute Gasteiger partial charge is 0.410 e. The fourth-order valence-corrected chi connectivity index (χ4v) is 3.43. The fraction of sp³-hybridized carbons (Fsp3) is 0.706. The number of rotatable bonds is 3. The maximum atomic E-state index is 12.4.